The fourth-order valence-corrected chi connectivity index (χ4v) is 2.94. The molecule has 0 spiro atoms. The normalized spacial score (nSPS) is 12.1. The van der Waals surface area contributed by atoms with Crippen molar-refractivity contribution < 1.29 is 13.7 Å². The summed E-state index contributed by atoms with van der Waals surface area (Å²) in [5.74, 6) is -0.0288. The molecule has 3 nitrogen and oxygen atoms in total. The highest BCUT2D eigenvalue weighted by atomic mass is 32.2. The molecule has 0 fully saturated rings. The number of carbonyl (C=O) groups excluding carboxylic acids is 1. The van der Waals surface area contributed by atoms with Crippen LogP contribution in [0.3, 0.4) is 0 Å². The number of Topliss-reactive ketones (excluding diaryl/α,β-unsaturated/α-hetero) is 1. The van der Waals surface area contributed by atoms with E-state index in [0.717, 1.165) is 5.56 Å². The first-order valence-corrected chi connectivity index (χ1v) is 8.29. The number of thiophene rings is 1. The van der Waals surface area contributed by atoms with E-state index < -0.39 is 10.8 Å². The molecule has 0 aliphatic rings. The molecule has 1 unspecified atom stereocenters. The standard InChI is InChI=1S/C14H14O3S2/c1-19(16)10-12(15)13-7-8-14(18-13)17-9-11-5-3-2-4-6-11/h2-8H,9-10H2,1H3. The van der Waals surface area contributed by atoms with Gasteiger partial charge in [-0.05, 0) is 17.7 Å². The van der Waals surface area contributed by atoms with Gasteiger partial charge in [0.05, 0.1) is 10.6 Å². The van der Waals surface area contributed by atoms with Gasteiger partial charge in [-0.2, -0.15) is 0 Å². The minimum atomic E-state index is -1.10. The molecule has 2 aromatic rings. The van der Waals surface area contributed by atoms with Crippen molar-refractivity contribution >= 4 is 27.9 Å². The van der Waals surface area contributed by atoms with Crippen LogP contribution in [0.4, 0.5) is 0 Å². The van der Waals surface area contributed by atoms with Crippen LogP contribution in [0.25, 0.3) is 0 Å². The van der Waals surface area contributed by atoms with Gasteiger partial charge in [0.1, 0.15) is 6.61 Å². The molecule has 0 N–H and O–H groups in total. The summed E-state index contributed by atoms with van der Waals surface area (Å²) in [6, 6.07) is 13.3. The summed E-state index contributed by atoms with van der Waals surface area (Å²) in [7, 11) is -1.10. The van der Waals surface area contributed by atoms with Crippen molar-refractivity contribution in [2.45, 2.75) is 6.61 Å². The van der Waals surface area contributed by atoms with Gasteiger partial charge in [-0.25, -0.2) is 0 Å². The van der Waals surface area contributed by atoms with E-state index in [1.54, 1.807) is 12.1 Å². The molecule has 2 rings (SSSR count). The maximum absolute atomic E-state index is 11.7. The molecule has 19 heavy (non-hydrogen) atoms. The molecule has 0 bridgehead atoms. The lowest BCUT2D eigenvalue weighted by Crippen LogP contribution is -2.07. The molecule has 0 aliphatic heterocycles. The molecule has 1 heterocycles. The van der Waals surface area contributed by atoms with Crippen molar-refractivity contribution in [1.29, 1.82) is 0 Å². The molecule has 0 saturated heterocycles. The third-order valence-electron chi connectivity index (χ3n) is 2.41. The molecule has 1 aromatic carbocycles. The molecular formula is C14H14O3S2. The predicted molar refractivity (Wildman–Crippen MR) is 78.4 cm³/mol. The Morgan fingerprint density at radius 3 is 2.63 bits per heavy atom. The summed E-state index contributed by atoms with van der Waals surface area (Å²) in [6.45, 7) is 0.481. The fourth-order valence-electron chi connectivity index (χ4n) is 1.53. The highest BCUT2D eigenvalue weighted by Gasteiger charge is 2.11. The number of rotatable bonds is 6. The lowest BCUT2D eigenvalue weighted by molar-refractivity contribution is 0.102. The monoisotopic (exact) mass is 294 g/mol. The number of benzene rings is 1. The van der Waals surface area contributed by atoms with Crippen LogP contribution in [-0.2, 0) is 17.4 Å². The van der Waals surface area contributed by atoms with E-state index in [1.165, 1.54) is 17.6 Å². The lowest BCUT2D eigenvalue weighted by Gasteiger charge is -2.02. The number of hydrogen-bond donors (Lipinski definition) is 0. The van der Waals surface area contributed by atoms with Gasteiger partial charge >= 0.3 is 0 Å². The first-order chi connectivity index (χ1) is 9.15. The molecular weight excluding hydrogens is 280 g/mol. The van der Waals surface area contributed by atoms with Crippen molar-refractivity contribution in [1.82, 2.24) is 0 Å². The van der Waals surface area contributed by atoms with Crippen LogP contribution in [0, 0.1) is 0 Å². The number of ether oxygens (including phenoxy) is 1. The van der Waals surface area contributed by atoms with Gasteiger partial charge in [-0.1, -0.05) is 41.7 Å². The third kappa shape index (κ3) is 4.29. The van der Waals surface area contributed by atoms with Crippen LogP contribution in [-0.4, -0.2) is 22.0 Å². The van der Waals surface area contributed by atoms with Crippen LogP contribution in [0.1, 0.15) is 15.2 Å². The van der Waals surface area contributed by atoms with Crippen LogP contribution in [0.2, 0.25) is 0 Å². The van der Waals surface area contributed by atoms with Gasteiger partial charge in [-0.3, -0.25) is 9.00 Å². The van der Waals surface area contributed by atoms with Crippen molar-refractivity contribution in [2.24, 2.45) is 0 Å². The Hall–Kier alpha value is -1.46. The van der Waals surface area contributed by atoms with E-state index in [0.29, 0.717) is 16.5 Å². The fraction of sp³-hybridized carbons (Fsp3) is 0.214. The van der Waals surface area contributed by atoms with Crippen molar-refractivity contribution in [3.63, 3.8) is 0 Å². The Kier molecular flexibility index (Phi) is 4.87. The molecule has 0 radical (unpaired) electrons. The van der Waals surface area contributed by atoms with Crippen LogP contribution < -0.4 is 4.74 Å². The molecule has 0 aliphatic carbocycles. The molecule has 1 atom stereocenters. The minimum Gasteiger partial charge on any atom is -0.479 e. The minimum absolute atomic E-state index is 0.0681. The maximum atomic E-state index is 11.7. The summed E-state index contributed by atoms with van der Waals surface area (Å²) >= 11 is 1.30. The molecule has 1 aromatic heterocycles. The van der Waals surface area contributed by atoms with Gasteiger partial charge in [0.15, 0.2) is 10.8 Å². The topological polar surface area (TPSA) is 43.4 Å². The van der Waals surface area contributed by atoms with E-state index in [1.807, 2.05) is 30.3 Å². The van der Waals surface area contributed by atoms with Gasteiger partial charge < -0.3 is 4.74 Å². The van der Waals surface area contributed by atoms with Gasteiger partial charge in [0.2, 0.25) is 0 Å². The van der Waals surface area contributed by atoms with Crippen molar-refractivity contribution in [3.8, 4) is 5.06 Å². The highest BCUT2D eigenvalue weighted by Crippen LogP contribution is 2.25. The second-order valence-electron chi connectivity index (χ2n) is 4.03. The molecule has 0 amide bonds. The molecule has 100 valence electrons. The first-order valence-electron chi connectivity index (χ1n) is 5.75. The van der Waals surface area contributed by atoms with Crippen LogP contribution in [0.5, 0.6) is 5.06 Å². The van der Waals surface area contributed by atoms with E-state index in [-0.39, 0.29) is 11.5 Å². The average molecular weight is 294 g/mol. The zero-order valence-corrected chi connectivity index (χ0v) is 12.1. The SMILES string of the molecule is CS(=O)CC(=O)c1ccc(OCc2ccccc2)s1. The van der Waals surface area contributed by atoms with Crippen molar-refractivity contribution in [3.05, 3.63) is 52.9 Å². The Bertz CT molecular complexity index is 575. The Morgan fingerprint density at radius 1 is 1.21 bits per heavy atom. The van der Waals surface area contributed by atoms with Crippen molar-refractivity contribution in [2.75, 3.05) is 12.0 Å². The maximum Gasteiger partial charge on any atom is 0.185 e. The quantitative estimate of drug-likeness (QED) is 0.769. The first kappa shape index (κ1) is 14.0. The van der Waals surface area contributed by atoms with Gasteiger partial charge in [0.25, 0.3) is 0 Å². The number of hydrogen-bond acceptors (Lipinski definition) is 4. The smallest absolute Gasteiger partial charge is 0.185 e. The van der Waals surface area contributed by atoms with E-state index in [2.05, 4.69) is 0 Å². The largest absolute Gasteiger partial charge is 0.479 e. The zero-order chi connectivity index (χ0) is 13.7. The van der Waals surface area contributed by atoms with Crippen LogP contribution >= 0.6 is 11.3 Å². The summed E-state index contributed by atoms with van der Waals surface area (Å²) in [4.78, 5) is 12.3. The summed E-state index contributed by atoms with van der Waals surface area (Å²) in [5, 5.41) is 0.703. The van der Waals surface area contributed by atoms with Crippen LogP contribution in [0.15, 0.2) is 42.5 Å². The third-order valence-corrected chi connectivity index (χ3v) is 4.12. The van der Waals surface area contributed by atoms with Gasteiger partial charge in [-0.15, -0.1) is 0 Å². The summed E-state index contributed by atoms with van der Waals surface area (Å²) < 4.78 is 16.6. The number of ketones is 1. The summed E-state index contributed by atoms with van der Waals surface area (Å²) in [5.41, 5.74) is 1.08. The average Bonchev–Trinajstić information content (AvgIpc) is 2.86. The number of carbonyl (C=O) groups is 1. The Morgan fingerprint density at radius 2 is 1.95 bits per heavy atom. The molecule has 5 heteroatoms. The lowest BCUT2D eigenvalue weighted by atomic mass is 10.2. The Balaban J connectivity index is 1.94. The second-order valence-corrected chi connectivity index (χ2v) is 6.52. The Labute approximate surface area is 118 Å². The predicted octanol–water partition coefficient (Wildman–Crippen LogP) is 2.89. The summed E-state index contributed by atoms with van der Waals surface area (Å²) in [6.07, 6.45) is 1.53. The zero-order valence-electron chi connectivity index (χ0n) is 10.5. The second kappa shape index (κ2) is 6.63. The van der Waals surface area contributed by atoms with E-state index >= 15 is 0 Å². The van der Waals surface area contributed by atoms with Gasteiger partial charge in [0, 0.05) is 17.1 Å². The van der Waals surface area contributed by atoms with E-state index in [9.17, 15) is 9.00 Å². The van der Waals surface area contributed by atoms with E-state index in [4.69, 9.17) is 4.74 Å². The highest BCUT2D eigenvalue weighted by molar-refractivity contribution is 7.85. The molecule has 0 saturated carbocycles.